The Morgan fingerprint density at radius 1 is 1.26 bits per heavy atom. The molecule has 2 N–H and O–H groups in total. The minimum absolute atomic E-state index is 0.0376. The van der Waals surface area contributed by atoms with Crippen molar-refractivity contribution < 1.29 is 14.6 Å². The molecule has 4 heteroatoms. The number of hydrogen-bond acceptors (Lipinski definition) is 3. The Labute approximate surface area is 114 Å². The lowest BCUT2D eigenvalue weighted by Crippen LogP contribution is -2.38. The van der Waals surface area contributed by atoms with Gasteiger partial charge in [0.1, 0.15) is 5.82 Å². The maximum Gasteiger partial charge on any atom is 0.146 e. The summed E-state index contributed by atoms with van der Waals surface area (Å²) in [6.07, 6.45) is 0.995. The highest BCUT2D eigenvalue weighted by Crippen LogP contribution is 2.31. The van der Waals surface area contributed by atoms with Crippen LogP contribution >= 0.6 is 0 Å². The van der Waals surface area contributed by atoms with Crippen LogP contribution in [0.2, 0.25) is 0 Å². The Balaban J connectivity index is 3.28. The first-order chi connectivity index (χ1) is 9.06. The fraction of sp³-hybridized carbons (Fsp3) is 0.600. The number of anilines is 1. The zero-order chi connectivity index (χ0) is 14.4. The summed E-state index contributed by atoms with van der Waals surface area (Å²) >= 11 is 0. The monoisotopic (exact) mass is 269 g/mol. The number of rotatable bonds is 7. The van der Waals surface area contributed by atoms with Crippen LogP contribution in [0.4, 0.5) is 10.1 Å². The quantitative estimate of drug-likeness (QED) is 0.800. The molecule has 0 aliphatic heterocycles. The first-order valence-electron chi connectivity index (χ1n) is 6.90. The Morgan fingerprint density at radius 3 is 2.37 bits per heavy atom. The molecule has 0 aliphatic carbocycles. The van der Waals surface area contributed by atoms with E-state index in [4.69, 9.17) is 0 Å². The van der Waals surface area contributed by atoms with Gasteiger partial charge in [-0.15, -0.1) is 0 Å². The zero-order valence-electron chi connectivity index (χ0n) is 11.9. The normalized spacial score (nSPS) is 12.8. The molecule has 1 aromatic carbocycles. The van der Waals surface area contributed by atoms with Gasteiger partial charge in [-0.2, -0.15) is 0 Å². The second-order valence-corrected chi connectivity index (χ2v) is 4.74. The molecule has 1 aromatic rings. The highest BCUT2D eigenvalue weighted by Gasteiger charge is 2.23. The number of aliphatic hydroxyl groups is 2. The molecule has 0 aromatic heterocycles. The third kappa shape index (κ3) is 3.67. The van der Waals surface area contributed by atoms with E-state index in [1.54, 1.807) is 19.1 Å². The van der Waals surface area contributed by atoms with Crippen LogP contribution < -0.4 is 4.90 Å². The Bertz CT molecular complexity index is 392. The van der Waals surface area contributed by atoms with Crippen molar-refractivity contribution in [1.82, 2.24) is 0 Å². The average molecular weight is 269 g/mol. The van der Waals surface area contributed by atoms with E-state index in [1.165, 1.54) is 6.07 Å². The largest absolute Gasteiger partial charge is 0.395 e. The second kappa shape index (κ2) is 7.46. The van der Waals surface area contributed by atoms with E-state index in [0.717, 1.165) is 12.8 Å². The molecule has 1 atom stereocenters. The number of halogens is 1. The molecule has 19 heavy (non-hydrogen) atoms. The summed E-state index contributed by atoms with van der Waals surface area (Å²) < 4.78 is 14.2. The van der Waals surface area contributed by atoms with Crippen molar-refractivity contribution in [2.24, 2.45) is 0 Å². The molecule has 0 bridgehead atoms. The fourth-order valence-corrected chi connectivity index (χ4v) is 2.49. The lowest BCUT2D eigenvalue weighted by Gasteiger charge is -2.34. The van der Waals surface area contributed by atoms with E-state index < -0.39 is 6.10 Å². The van der Waals surface area contributed by atoms with Gasteiger partial charge >= 0.3 is 0 Å². The molecule has 0 amide bonds. The van der Waals surface area contributed by atoms with Gasteiger partial charge in [0.2, 0.25) is 0 Å². The molecule has 0 saturated heterocycles. The van der Waals surface area contributed by atoms with E-state index in [2.05, 4.69) is 0 Å². The zero-order valence-corrected chi connectivity index (χ0v) is 11.9. The van der Waals surface area contributed by atoms with Gasteiger partial charge in [-0.25, -0.2) is 4.39 Å². The number of benzene rings is 1. The van der Waals surface area contributed by atoms with Crippen LogP contribution in [0.5, 0.6) is 0 Å². The standard InChI is InChI=1S/C15H24FNO2/c1-4-12(5-2)17(9-10-18)15-13(11(3)19)7-6-8-14(15)16/h6-8,11-12,18-19H,4-5,9-10H2,1-3H3. The van der Waals surface area contributed by atoms with E-state index in [9.17, 15) is 14.6 Å². The highest BCUT2D eigenvalue weighted by atomic mass is 19.1. The SMILES string of the molecule is CCC(CC)N(CCO)c1c(F)cccc1C(C)O. The van der Waals surface area contributed by atoms with Crippen LogP contribution in [-0.2, 0) is 0 Å². The molecule has 0 spiro atoms. The van der Waals surface area contributed by atoms with Gasteiger partial charge in [-0.1, -0.05) is 26.0 Å². The van der Waals surface area contributed by atoms with Gasteiger partial charge in [0, 0.05) is 18.2 Å². The predicted octanol–water partition coefficient (Wildman–Crippen LogP) is 2.87. The first-order valence-corrected chi connectivity index (χ1v) is 6.90. The second-order valence-electron chi connectivity index (χ2n) is 4.74. The van der Waals surface area contributed by atoms with Gasteiger partial charge in [-0.3, -0.25) is 0 Å². The molecule has 0 radical (unpaired) electrons. The molecule has 3 nitrogen and oxygen atoms in total. The summed E-state index contributed by atoms with van der Waals surface area (Å²) in [5.41, 5.74) is 0.987. The number of para-hydroxylation sites is 1. The molecule has 1 rings (SSSR count). The Hall–Kier alpha value is -1.13. The topological polar surface area (TPSA) is 43.7 Å². The maximum atomic E-state index is 14.2. The van der Waals surface area contributed by atoms with Crippen LogP contribution in [0.15, 0.2) is 18.2 Å². The maximum absolute atomic E-state index is 14.2. The lowest BCUT2D eigenvalue weighted by atomic mass is 10.0. The van der Waals surface area contributed by atoms with Crippen LogP contribution in [0.25, 0.3) is 0 Å². The number of nitrogens with zero attached hydrogens (tertiary/aromatic N) is 1. The molecule has 0 aliphatic rings. The molecule has 0 saturated carbocycles. The summed E-state index contributed by atoms with van der Waals surface area (Å²) in [7, 11) is 0. The van der Waals surface area contributed by atoms with Crippen LogP contribution in [0.3, 0.4) is 0 Å². The summed E-state index contributed by atoms with van der Waals surface area (Å²) in [6.45, 7) is 6.04. The third-order valence-electron chi connectivity index (χ3n) is 3.48. The van der Waals surface area contributed by atoms with Crippen LogP contribution in [0.1, 0.15) is 45.3 Å². The van der Waals surface area contributed by atoms with Crippen molar-refractivity contribution in [3.8, 4) is 0 Å². The molecule has 0 fully saturated rings. The summed E-state index contributed by atoms with van der Waals surface area (Å²) in [6, 6.07) is 4.89. The van der Waals surface area contributed by atoms with Crippen molar-refractivity contribution in [3.63, 3.8) is 0 Å². The summed E-state index contributed by atoms with van der Waals surface area (Å²) in [5, 5.41) is 19.0. The summed E-state index contributed by atoms with van der Waals surface area (Å²) in [4.78, 5) is 1.87. The van der Waals surface area contributed by atoms with Gasteiger partial charge < -0.3 is 15.1 Å². The van der Waals surface area contributed by atoms with Crippen LogP contribution in [-0.4, -0.2) is 29.4 Å². The molecular formula is C15H24FNO2. The minimum Gasteiger partial charge on any atom is -0.395 e. The van der Waals surface area contributed by atoms with E-state index in [1.807, 2.05) is 18.7 Å². The van der Waals surface area contributed by atoms with Crippen molar-refractivity contribution in [2.75, 3.05) is 18.1 Å². The molecule has 1 unspecified atom stereocenters. The fourth-order valence-electron chi connectivity index (χ4n) is 2.49. The van der Waals surface area contributed by atoms with Crippen LogP contribution in [0, 0.1) is 5.82 Å². The number of hydrogen-bond donors (Lipinski definition) is 2. The van der Waals surface area contributed by atoms with Gasteiger partial charge in [0.15, 0.2) is 0 Å². The van der Waals surface area contributed by atoms with E-state index >= 15 is 0 Å². The van der Waals surface area contributed by atoms with E-state index in [0.29, 0.717) is 17.8 Å². The van der Waals surface area contributed by atoms with Crippen molar-refractivity contribution >= 4 is 5.69 Å². The van der Waals surface area contributed by atoms with Gasteiger partial charge in [0.05, 0.1) is 18.4 Å². The molecule has 108 valence electrons. The molecular weight excluding hydrogens is 245 g/mol. The number of aliphatic hydroxyl groups excluding tert-OH is 2. The Morgan fingerprint density at radius 2 is 1.89 bits per heavy atom. The van der Waals surface area contributed by atoms with E-state index in [-0.39, 0.29) is 18.5 Å². The average Bonchev–Trinajstić information content (AvgIpc) is 2.39. The third-order valence-corrected chi connectivity index (χ3v) is 3.48. The van der Waals surface area contributed by atoms with Gasteiger partial charge in [0.25, 0.3) is 0 Å². The van der Waals surface area contributed by atoms with Crippen molar-refractivity contribution in [3.05, 3.63) is 29.6 Å². The predicted molar refractivity (Wildman–Crippen MR) is 75.8 cm³/mol. The smallest absolute Gasteiger partial charge is 0.146 e. The first kappa shape index (κ1) is 15.9. The Kier molecular flexibility index (Phi) is 6.25. The highest BCUT2D eigenvalue weighted by molar-refractivity contribution is 5.56. The lowest BCUT2D eigenvalue weighted by molar-refractivity contribution is 0.198. The summed E-state index contributed by atoms with van der Waals surface area (Å²) in [5.74, 6) is -0.348. The van der Waals surface area contributed by atoms with Crippen molar-refractivity contribution in [1.29, 1.82) is 0 Å². The van der Waals surface area contributed by atoms with Crippen molar-refractivity contribution in [2.45, 2.75) is 45.8 Å². The molecule has 0 heterocycles. The minimum atomic E-state index is -0.735. The van der Waals surface area contributed by atoms with Gasteiger partial charge in [-0.05, 0) is 25.8 Å².